The molecule has 5 nitrogen and oxygen atoms in total. The van der Waals surface area contributed by atoms with Gasteiger partial charge in [-0.2, -0.15) is 4.31 Å². The van der Waals surface area contributed by atoms with Gasteiger partial charge in [0.05, 0.1) is 6.54 Å². The van der Waals surface area contributed by atoms with Gasteiger partial charge in [-0.15, -0.1) is 6.42 Å². The summed E-state index contributed by atoms with van der Waals surface area (Å²) in [7, 11) is -4.12. The first-order valence-electron chi connectivity index (χ1n) is 6.26. The monoisotopic (exact) mass is 315 g/mol. The van der Waals surface area contributed by atoms with Crippen molar-refractivity contribution in [1.29, 1.82) is 0 Å². The average Bonchev–Trinajstić information content (AvgIpc) is 2.43. The van der Waals surface area contributed by atoms with Crippen LogP contribution in [0, 0.1) is 24.0 Å². The van der Waals surface area contributed by atoms with Crippen LogP contribution in [0.1, 0.15) is 0 Å². The van der Waals surface area contributed by atoms with E-state index in [-0.39, 0.29) is 18.8 Å². The molecule has 1 saturated heterocycles. The highest BCUT2D eigenvalue weighted by Gasteiger charge is 2.31. The fraction of sp³-hybridized carbons (Fsp3) is 0.385. The third kappa shape index (κ3) is 3.15. The SMILES string of the molecule is C#CCN1CCN(S(=O)(=O)c2cc(N)cc(F)c2F)CC1. The van der Waals surface area contributed by atoms with Crippen LogP contribution in [0.4, 0.5) is 14.5 Å². The number of hydrogen-bond donors (Lipinski definition) is 1. The van der Waals surface area contributed by atoms with Gasteiger partial charge in [0, 0.05) is 31.9 Å². The minimum atomic E-state index is -4.12. The van der Waals surface area contributed by atoms with Gasteiger partial charge in [-0.3, -0.25) is 4.90 Å². The second kappa shape index (κ2) is 5.97. The number of sulfonamides is 1. The maximum absolute atomic E-state index is 13.8. The Hall–Kier alpha value is -1.69. The van der Waals surface area contributed by atoms with Crippen LogP contribution in [0.25, 0.3) is 0 Å². The first kappa shape index (κ1) is 15.7. The van der Waals surface area contributed by atoms with Crippen LogP contribution in [0.5, 0.6) is 0 Å². The van der Waals surface area contributed by atoms with Crippen molar-refractivity contribution in [2.75, 3.05) is 38.5 Å². The van der Waals surface area contributed by atoms with Crippen LogP contribution < -0.4 is 5.73 Å². The predicted molar refractivity (Wildman–Crippen MR) is 74.8 cm³/mol. The summed E-state index contributed by atoms with van der Waals surface area (Å²) in [6, 6.07) is 1.68. The minimum Gasteiger partial charge on any atom is -0.399 e. The number of benzene rings is 1. The van der Waals surface area contributed by atoms with Gasteiger partial charge in [-0.05, 0) is 12.1 Å². The zero-order valence-corrected chi connectivity index (χ0v) is 12.0. The predicted octanol–water partition coefficient (Wildman–Crippen LogP) is 0.487. The molecule has 0 atom stereocenters. The number of nitrogen functional groups attached to an aromatic ring is 1. The number of piperazine rings is 1. The minimum absolute atomic E-state index is 0.140. The summed E-state index contributed by atoms with van der Waals surface area (Å²) in [5.74, 6) is -0.207. The van der Waals surface area contributed by atoms with Gasteiger partial charge in [0.25, 0.3) is 0 Å². The summed E-state index contributed by atoms with van der Waals surface area (Å²) >= 11 is 0. The summed E-state index contributed by atoms with van der Waals surface area (Å²) in [6.07, 6.45) is 5.20. The standard InChI is InChI=1S/C13H15F2N3O2S/c1-2-3-17-4-6-18(7-5-17)21(19,20)12-9-10(16)8-11(14)13(12)15/h1,8-9H,3-7,16H2. The van der Waals surface area contributed by atoms with E-state index in [1.54, 1.807) is 0 Å². The first-order chi connectivity index (χ1) is 9.86. The molecular formula is C13H15F2N3O2S. The molecule has 1 aliphatic heterocycles. The molecular weight excluding hydrogens is 300 g/mol. The van der Waals surface area contributed by atoms with Crippen molar-refractivity contribution in [2.24, 2.45) is 0 Å². The van der Waals surface area contributed by atoms with E-state index in [2.05, 4.69) is 5.92 Å². The molecule has 114 valence electrons. The molecule has 0 saturated carbocycles. The lowest BCUT2D eigenvalue weighted by molar-refractivity contribution is 0.206. The summed E-state index contributed by atoms with van der Waals surface area (Å²) in [4.78, 5) is 1.17. The van der Waals surface area contributed by atoms with Crippen molar-refractivity contribution in [2.45, 2.75) is 4.90 Å². The quantitative estimate of drug-likeness (QED) is 0.651. The van der Waals surface area contributed by atoms with Crippen LogP contribution in [-0.2, 0) is 10.0 Å². The van der Waals surface area contributed by atoms with Crippen LogP contribution >= 0.6 is 0 Å². The molecule has 8 heteroatoms. The van der Waals surface area contributed by atoms with E-state index >= 15 is 0 Å². The Morgan fingerprint density at radius 3 is 2.43 bits per heavy atom. The highest BCUT2D eigenvalue weighted by Crippen LogP contribution is 2.25. The van der Waals surface area contributed by atoms with E-state index in [9.17, 15) is 17.2 Å². The maximum Gasteiger partial charge on any atom is 0.246 e. The second-order valence-electron chi connectivity index (χ2n) is 4.70. The van der Waals surface area contributed by atoms with Crippen molar-refractivity contribution in [3.8, 4) is 12.3 Å². The number of nitrogens with zero attached hydrogens (tertiary/aromatic N) is 2. The second-order valence-corrected chi connectivity index (χ2v) is 6.61. The van der Waals surface area contributed by atoms with Crippen molar-refractivity contribution in [3.05, 3.63) is 23.8 Å². The lowest BCUT2D eigenvalue weighted by Gasteiger charge is -2.32. The van der Waals surface area contributed by atoms with E-state index in [0.29, 0.717) is 19.6 Å². The fourth-order valence-electron chi connectivity index (χ4n) is 2.17. The first-order valence-corrected chi connectivity index (χ1v) is 7.70. The Balaban J connectivity index is 2.26. The Labute approximate surface area is 122 Å². The molecule has 0 unspecified atom stereocenters. The van der Waals surface area contributed by atoms with Gasteiger partial charge in [0.1, 0.15) is 4.90 Å². The number of terminal acetylenes is 1. The highest BCUT2D eigenvalue weighted by atomic mass is 32.2. The largest absolute Gasteiger partial charge is 0.399 e. The zero-order valence-electron chi connectivity index (χ0n) is 11.2. The van der Waals surface area contributed by atoms with E-state index < -0.39 is 26.6 Å². The van der Waals surface area contributed by atoms with Gasteiger partial charge in [-0.25, -0.2) is 17.2 Å². The molecule has 1 heterocycles. The molecule has 0 aromatic heterocycles. The van der Waals surface area contributed by atoms with E-state index in [4.69, 9.17) is 12.2 Å². The molecule has 1 fully saturated rings. The van der Waals surface area contributed by atoms with Crippen LogP contribution in [-0.4, -0.2) is 50.3 Å². The van der Waals surface area contributed by atoms with Crippen LogP contribution in [0.3, 0.4) is 0 Å². The summed E-state index contributed by atoms with van der Waals surface area (Å²) in [6.45, 7) is 1.64. The molecule has 1 aromatic rings. The van der Waals surface area contributed by atoms with Crippen molar-refractivity contribution >= 4 is 15.7 Å². The molecule has 0 aliphatic carbocycles. The molecule has 0 radical (unpaired) electrons. The lowest BCUT2D eigenvalue weighted by atomic mass is 10.3. The normalized spacial score (nSPS) is 17.6. The van der Waals surface area contributed by atoms with Crippen LogP contribution in [0.2, 0.25) is 0 Å². The van der Waals surface area contributed by atoms with E-state index in [1.807, 2.05) is 4.90 Å². The molecule has 0 amide bonds. The average molecular weight is 315 g/mol. The van der Waals surface area contributed by atoms with Crippen LogP contribution in [0.15, 0.2) is 17.0 Å². The summed E-state index contributed by atoms with van der Waals surface area (Å²) in [5, 5.41) is 0. The summed E-state index contributed by atoms with van der Waals surface area (Å²) < 4.78 is 53.0. The number of anilines is 1. The van der Waals surface area contributed by atoms with Gasteiger partial charge >= 0.3 is 0 Å². The summed E-state index contributed by atoms with van der Waals surface area (Å²) in [5.41, 5.74) is 5.26. The van der Waals surface area contributed by atoms with Gasteiger partial charge < -0.3 is 5.73 Å². The highest BCUT2D eigenvalue weighted by molar-refractivity contribution is 7.89. The molecule has 2 N–H and O–H groups in total. The zero-order chi connectivity index (χ0) is 15.6. The van der Waals surface area contributed by atoms with E-state index in [0.717, 1.165) is 16.4 Å². The Morgan fingerprint density at radius 1 is 1.24 bits per heavy atom. The van der Waals surface area contributed by atoms with Gasteiger partial charge in [0.2, 0.25) is 10.0 Å². The maximum atomic E-state index is 13.8. The Morgan fingerprint density at radius 2 is 1.86 bits per heavy atom. The number of halogens is 2. The van der Waals surface area contributed by atoms with Gasteiger partial charge in [0.15, 0.2) is 11.6 Å². The Bertz CT molecular complexity index is 677. The van der Waals surface area contributed by atoms with E-state index in [1.165, 1.54) is 0 Å². The van der Waals surface area contributed by atoms with Crippen molar-refractivity contribution < 1.29 is 17.2 Å². The molecule has 1 aromatic carbocycles. The van der Waals surface area contributed by atoms with Crippen molar-refractivity contribution in [1.82, 2.24) is 9.21 Å². The molecule has 1 aliphatic rings. The molecule has 21 heavy (non-hydrogen) atoms. The third-order valence-corrected chi connectivity index (χ3v) is 5.18. The van der Waals surface area contributed by atoms with Crippen molar-refractivity contribution in [3.63, 3.8) is 0 Å². The molecule has 0 spiro atoms. The Kier molecular flexibility index (Phi) is 4.46. The topological polar surface area (TPSA) is 66.6 Å². The number of nitrogens with two attached hydrogens (primary N) is 1. The third-order valence-electron chi connectivity index (χ3n) is 3.28. The van der Waals surface area contributed by atoms with Gasteiger partial charge in [-0.1, -0.05) is 5.92 Å². The molecule has 0 bridgehead atoms. The smallest absolute Gasteiger partial charge is 0.246 e. The number of hydrogen-bond acceptors (Lipinski definition) is 4. The molecule has 2 rings (SSSR count). The number of rotatable bonds is 3. The lowest BCUT2D eigenvalue weighted by Crippen LogP contribution is -2.48. The fourth-order valence-corrected chi connectivity index (χ4v) is 3.70.